The summed E-state index contributed by atoms with van der Waals surface area (Å²) in [7, 11) is 2.15. The Balaban J connectivity index is 0.00000363. The lowest BCUT2D eigenvalue weighted by atomic mass is 10.1. The lowest BCUT2D eigenvalue weighted by molar-refractivity contribution is -0.274. The van der Waals surface area contributed by atoms with E-state index in [9.17, 15) is 13.2 Å². The second-order valence-corrected chi connectivity index (χ2v) is 7.64. The zero-order valence-electron chi connectivity index (χ0n) is 17.9. The van der Waals surface area contributed by atoms with Gasteiger partial charge in [-0.05, 0) is 35.9 Å². The van der Waals surface area contributed by atoms with Crippen LogP contribution >= 0.6 is 24.0 Å². The van der Waals surface area contributed by atoms with Crippen LogP contribution in [0.4, 0.5) is 13.2 Å². The van der Waals surface area contributed by atoms with Crippen molar-refractivity contribution in [2.24, 2.45) is 10.7 Å². The lowest BCUT2D eigenvalue weighted by Gasteiger charge is -2.32. The summed E-state index contributed by atoms with van der Waals surface area (Å²) in [5.41, 5.74) is 9.01. The van der Waals surface area contributed by atoms with Gasteiger partial charge in [-0.15, -0.1) is 37.1 Å². The third-order valence-corrected chi connectivity index (χ3v) is 5.09. The van der Waals surface area contributed by atoms with Crippen molar-refractivity contribution in [3.05, 3.63) is 65.2 Å². The van der Waals surface area contributed by atoms with E-state index < -0.39 is 6.36 Å². The summed E-state index contributed by atoms with van der Waals surface area (Å²) in [5, 5.41) is 3.06. The molecule has 1 saturated heterocycles. The van der Waals surface area contributed by atoms with Gasteiger partial charge in [-0.3, -0.25) is 4.90 Å². The number of aliphatic imine (C=N–C) groups is 1. The average Bonchev–Trinajstić information content (AvgIpc) is 2.73. The van der Waals surface area contributed by atoms with Gasteiger partial charge < -0.3 is 20.7 Å². The molecule has 6 nitrogen and oxygen atoms in total. The summed E-state index contributed by atoms with van der Waals surface area (Å²) >= 11 is 0. The fraction of sp³-hybridized carbons (Fsp3) is 0.409. The fourth-order valence-corrected chi connectivity index (χ4v) is 3.25. The molecule has 1 heterocycles. The van der Waals surface area contributed by atoms with Gasteiger partial charge in [0, 0.05) is 39.3 Å². The number of benzene rings is 2. The molecule has 0 bridgehead atoms. The van der Waals surface area contributed by atoms with Crippen molar-refractivity contribution in [2.75, 3.05) is 33.2 Å². The first kappa shape index (κ1) is 26.2. The number of guanidine groups is 1. The summed E-state index contributed by atoms with van der Waals surface area (Å²) < 4.78 is 40.4. The van der Waals surface area contributed by atoms with Crippen LogP contribution in [0, 0.1) is 0 Å². The van der Waals surface area contributed by atoms with Crippen molar-refractivity contribution >= 4 is 29.9 Å². The highest BCUT2D eigenvalue weighted by molar-refractivity contribution is 14.0. The van der Waals surface area contributed by atoms with Gasteiger partial charge in [0.1, 0.15) is 5.75 Å². The Morgan fingerprint density at radius 1 is 0.969 bits per heavy atom. The van der Waals surface area contributed by atoms with Gasteiger partial charge in [0.05, 0.1) is 6.54 Å². The van der Waals surface area contributed by atoms with Gasteiger partial charge in [-0.1, -0.05) is 36.4 Å². The number of likely N-dealkylation sites (N-methyl/N-ethyl adjacent to an activating group) is 1. The largest absolute Gasteiger partial charge is 0.573 e. The van der Waals surface area contributed by atoms with Crippen LogP contribution in [-0.2, 0) is 19.6 Å². The first-order valence-corrected chi connectivity index (χ1v) is 10.1. The van der Waals surface area contributed by atoms with E-state index in [1.54, 1.807) is 0 Å². The third kappa shape index (κ3) is 9.21. The predicted molar refractivity (Wildman–Crippen MR) is 130 cm³/mol. The summed E-state index contributed by atoms with van der Waals surface area (Å²) in [6.45, 7) is 6.14. The number of alkyl halides is 3. The van der Waals surface area contributed by atoms with Crippen molar-refractivity contribution in [3.63, 3.8) is 0 Å². The minimum Gasteiger partial charge on any atom is -0.406 e. The molecule has 10 heteroatoms. The molecule has 0 aliphatic carbocycles. The maximum Gasteiger partial charge on any atom is 0.573 e. The van der Waals surface area contributed by atoms with Gasteiger partial charge >= 0.3 is 6.36 Å². The van der Waals surface area contributed by atoms with E-state index in [1.807, 2.05) is 0 Å². The summed E-state index contributed by atoms with van der Waals surface area (Å²) in [6.07, 6.45) is -4.70. The first-order valence-electron chi connectivity index (χ1n) is 10.1. The van der Waals surface area contributed by atoms with Crippen LogP contribution in [0.1, 0.15) is 16.7 Å². The van der Waals surface area contributed by atoms with Gasteiger partial charge in [0.25, 0.3) is 0 Å². The molecule has 1 aliphatic heterocycles. The normalized spacial score (nSPS) is 15.8. The van der Waals surface area contributed by atoms with Gasteiger partial charge in [0.15, 0.2) is 5.96 Å². The number of nitrogens with zero attached hydrogens (tertiary/aromatic N) is 3. The maximum atomic E-state index is 12.2. The lowest BCUT2D eigenvalue weighted by Crippen LogP contribution is -2.43. The van der Waals surface area contributed by atoms with Crippen molar-refractivity contribution in [3.8, 4) is 5.75 Å². The highest BCUT2D eigenvalue weighted by Crippen LogP contribution is 2.22. The zero-order valence-corrected chi connectivity index (χ0v) is 20.3. The number of rotatable bonds is 7. The number of hydrogen-bond acceptors (Lipinski definition) is 4. The van der Waals surface area contributed by atoms with Crippen LogP contribution in [-0.4, -0.2) is 55.3 Å². The molecule has 0 atom stereocenters. The molecule has 1 aliphatic rings. The molecule has 0 unspecified atom stereocenters. The molecule has 1 fully saturated rings. The smallest absolute Gasteiger partial charge is 0.406 e. The Bertz CT molecular complexity index is 851. The van der Waals surface area contributed by atoms with E-state index in [0.717, 1.165) is 43.9 Å². The average molecular weight is 563 g/mol. The van der Waals surface area contributed by atoms with E-state index in [4.69, 9.17) is 5.73 Å². The summed E-state index contributed by atoms with van der Waals surface area (Å²) in [4.78, 5) is 9.02. The SMILES string of the molecule is CN1CCN(Cc2ccc(CNC(N)=NCc3ccc(OC(F)(F)F)cc3)cc2)CC1.I. The molecule has 32 heavy (non-hydrogen) atoms. The molecule has 176 valence electrons. The third-order valence-electron chi connectivity index (χ3n) is 5.09. The number of hydrogen-bond donors (Lipinski definition) is 2. The zero-order chi connectivity index (χ0) is 22.3. The van der Waals surface area contributed by atoms with Crippen LogP contribution in [0.5, 0.6) is 5.75 Å². The van der Waals surface area contributed by atoms with Crippen molar-refractivity contribution < 1.29 is 17.9 Å². The minimum absolute atomic E-state index is 0. The van der Waals surface area contributed by atoms with E-state index >= 15 is 0 Å². The van der Waals surface area contributed by atoms with E-state index in [2.05, 4.69) is 56.2 Å². The fourth-order valence-electron chi connectivity index (χ4n) is 3.25. The Morgan fingerprint density at radius 2 is 1.53 bits per heavy atom. The molecule has 3 rings (SSSR count). The highest BCUT2D eigenvalue weighted by Gasteiger charge is 2.30. The monoisotopic (exact) mass is 563 g/mol. The van der Waals surface area contributed by atoms with E-state index in [0.29, 0.717) is 6.54 Å². The number of halogens is 4. The van der Waals surface area contributed by atoms with Crippen LogP contribution in [0.2, 0.25) is 0 Å². The molecule has 0 saturated carbocycles. The number of ether oxygens (including phenoxy) is 1. The Labute approximate surface area is 203 Å². The predicted octanol–water partition coefficient (Wildman–Crippen LogP) is 3.56. The molecule has 0 aromatic heterocycles. The second kappa shape index (κ2) is 12.3. The standard InChI is InChI=1S/C22H28F3N5O.HI/c1-29-10-12-30(13-11-29)16-19-4-2-17(3-5-19)14-27-21(26)28-15-18-6-8-20(9-7-18)31-22(23,24)25;/h2-9H,10-16H2,1H3,(H3,26,27,28);1H. The molecular formula is C22H29F3IN5O. The molecule has 0 spiro atoms. The molecule has 2 aromatic carbocycles. The molecular weight excluding hydrogens is 534 g/mol. The van der Waals surface area contributed by atoms with Crippen molar-refractivity contribution in [2.45, 2.75) is 26.0 Å². The van der Waals surface area contributed by atoms with Crippen LogP contribution in [0.25, 0.3) is 0 Å². The Hall–Kier alpha value is -2.05. The summed E-state index contributed by atoms with van der Waals surface area (Å²) in [5.74, 6) is 0.0135. The number of nitrogens with one attached hydrogen (secondary N) is 1. The van der Waals surface area contributed by atoms with Crippen LogP contribution in [0.15, 0.2) is 53.5 Å². The van der Waals surface area contributed by atoms with E-state index in [-0.39, 0.29) is 42.2 Å². The topological polar surface area (TPSA) is 66.1 Å². The molecule has 0 amide bonds. The van der Waals surface area contributed by atoms with Crippen LogP contribution in [0.3, 0.4) is 0 Å². The van der Waals surface area contributed by atoms with Crippen molar-refractivity contribution in [1.82, 2.24) is 15.1 Å². The van der Waals surface area contributed by atoms with E-state index in [1.165, 1.54) is 29.8 Å². The second-order valence-electron chi connectivity index (χ2n) is 7.64. The van der Waals surface area contributed by atoms with Crippen LogP contribution < -0.4 is 15.8 Å². The number of nitrogens with two attached hydrogens (primary N) is 1. The van der Waals surface area contributed by atoms with Gasteiger partial charge in [0.2, 0.25) is 0 Å². The molecule has 2 aromatic rings. The quantitative estimate of drug-likeness (QED) is 0.307. The summed E-state index contributed by atoms with van der Waals surface area (Å²) in [6, 6.07) is 14.0. The first-order chi connectivity index (χ1) is 14.8. The molecule has 0 radical (unpaired) electrons. The Morgan fingerprint density at radius 3 is 2.12 bits per heavy atom. The van der Waals surface area contributed by atoms with Gasteiger partial charge in [-0.2, -0.15) is 0 Å². The minimum atomic E-state index is -4.70. The Kier molecular flexibility index (Phi) is 10.0. The maximum absolute atomic E-state index is 12.2. The van der Waals surface area contributed by atoms with Crippen molar-refractivity contribution in [1.29, 1.82) is 0 Å². The molecule has 3 N–H and O–H groups in total. The number of piperazine rings is 1. The highest BCUT2D eigenvalue weighted by atomic mass is 127. The van der Waals surface area contributed by atoms with Gasteiger partial charge in [-0.25, -0.2) is 4.99 Å².